The number of nitrogens with one attached hydrogen (secondary N) is 2. The van der Waals surface area contributed by atoms with Crippen LogP contribution in [0.1, 0.15) is 37.0 Å². The summed E-state index contributed by atoms with van der Waals surface area (Å²) < 4.78 is 5.25. The number of anilines is 1. The number of rotatable bonds is 2. The number of amides is 1. The first kappa shape index (κ1) is 12.1. The van der Waals surface area contributed by atoms with E-state index in [2.05, 4.69) is 20.7 Å². The van der Waals surface area contributed by atoms with Crippen LogP contribution in [0.5, 0.6) is 0 Å². The Kier molecular flexibility index (Phi) is 2.15. The predicted octanol–water partition coefficient (Wildman–Crippen LogP) is 3.08. The van der Waals surface area contributed by atoms with Crippen LogP contribution in [0.25, 0.3) is 22.0 Å². The van der Waals surface area contributed by atoms with E-state index in [4.69, 9.17) is 4.52 Å². The third-order valence-corrected chi connectivity index (χ3v) is 3.60. The maximum Gasteiger partial charge on any atom is 0.275 e. The number of hydrogen-bond donors (Lipinski definition) is 2. The second-order valence-electron chi connectivity index (χ2n) is 6.30. The SMILES string of the molecule is CC(C)(C)c1cc(NC(=O)c2[nH]nc3c4cc-4cc23)no1. The molecule has 0 aliphatic heterocycles. The van der Waals surface area contributed by atoms with Gasteiger partial charge in [-0.1, -0.05) is 25.9 Å². The number of H-pyrrole nitrogens is 1. The van der Waals surface area contributed by atoms with Crippen molar-refractivity contribution in [2.24, 2.45) is 0 Å². The summed E-state index contributed by atoms with van der Waals surface area (Å²) in [5.41, 5.74) is 3.43. The van der Waals surface area contributed by atoms with Crippen molar-refractivity contribution in [2.45, 2.75) is 26.2 Å². The number of aromatic amines is 1. The topological polar surface area (TPSA) is 83.8 Å². The molecule has 4 rings (SSSR count). The molecule has 0 saturated carbocycles. The molecule has 2 aromatic heterocycles. The van der Waals surface area contributed by atoms with Crippen molar-refractivity contribution in [3.05, 3.63) is 29.7 Å². The van der Waals surface area contributed by atoms with Crippen molar-refractivity contribution in [3.63, 3.8) is 0 Å². The third-order valence-electron chi connectivity index (χ3n) is 3.60. The Bertz CT molecular complexity index is 883. The molecule has 0 atom stereocenters. The maximum absolute atomic E-state index is 12.3. The van der Waals surface area contributed by atoms with Gasteiger partial charge in [0.25, 0.3) is 5.91 Å². The Morgan fingerprint density at radius 3 is 2.81 bits per heavy atom. The molecule has 2 aromatic rings. The molecule has 0 bridgehead atoms. The molecule has 2 N–H and O–H groups in total. The molecule has 0 unspecified atom stereocenters. The first-order chi connectivity index (χ1) is 9.93. The van der Waals surface area contributed by atoms with Gasteiger partial charge in [0, 0.05) is 22.4 Å². The van der Waals surface area contributed by atoms with Gasteiger partial charge in [0.1, 0.15) is 17.0 Å². The quantitative estimate of drug-likeness (QED) is 0.591. The van der Waals surface area contributed by atoms with E-state index in [1.54, 1.807) is 6.07 Å². The van der Waals surface area contributed by atoms with Crippen molar-refractivity contribution < 1.29 is 9.32 Å². The van der Waals surface area contributed by atoms with Gasteiger partial charge in [0.2, 0.25) is 0 Å². The van der Waals surface area contributed by atoms with Gasteiger partial charge >= 0.3 is 0 Å². The first-order valence-corrected chi connectivity index (χ1v) is 6.74. The number of carbonyl (C=O) groups is 1. The standard InChI is InChI=1S/C15H14N4O2/c1-15(2,3)10-6-11(19-21-10)16-14(20)13-9-5-7-4-8(7)12(9)17-18-13/h4-6H,1-3H3,(H,17,18)(H,16,19,20). The second kappa shape index (κ2) is 3.72. The van der Waals surface area contributed by atoms with E-state index < -0.39 is 0 Å². The van der Waals surface area contributed by atoms with Gasteiger partial charge in [-0.3, -0.25) is 9.89 Å². The average molecular weight is 282 g/mol. The molecular formula is C15H14N4O2. The summed E-state index contributed by atoms with van der Waals surface area (Å²) in [5.74, 6) is 0.862. The first-order valence-electron chi connectivity index (χ1n) is 6.74. The van der Waals surface area contributed by atoms with Gasteiger partial charge in [-0.25, -0.2) is 0 Å². The van der Waals surface area contributed by atoms with Crippen LogP contribution in [0.4, 0.5) is 5.82 Å². The number of aromatic nitrogens is 3. The summed E-state index contributed by atoms with van der Waals surface area (Å²) in [6, 6.07) is 5.75. The van der Waals surface area contributed by atoms with Crippen LogP contribution in [0, 0.1) is 0 Å². The maximum atomic E-state index is 12.3. The van der Waals surface area contributed by atoms with Crippen molar-refractivity contribution in [1.82, 2.24) is 15.4 Å². The molecule has 1 amide bonds. The second-order valence-corrected chi connectivity index (χ2v) is 6.30. The molecule has 2 aliphatic carbocycles. The normalized spacial score (nSPS) is 12.7. The van der Waals surface area contributed by atoms with Crippen LogP contribution in [-0.2, 0) is 5.41 Å². The van der Waals surface area contributed by atoms with E-state index >= 15 is 0 Å². The summed E-state index contributed by atoms with van der Waals surface area (Å²) in [5, 5.41) is 14.4. The largest absolute Gasteiger partial charge is 0.359 e. The van der Waals surface area contributed by atoms with E-state index in [9.17, 15) is 4.79 Å². The Balaban J connectivity index is 1.60. The highest BCUT2D eigenvalue weighted by Crippen LogP contribution is 2.43. The van der Waals surface area contributed by atoms with Crippen LogP contribution in [0.3, 0.4) is 0 Å². The summed E-state index contributed by atoms with van der Waals surface area (Å²) in [6.07, 6.45) is 0. The Labute approximate surface area is 120 Å². The highest BCUT2D eigenvalue weighted by molar-refractivity contribution is 6.17. The summed E-state index contributed by atoms with van der Waals surface area (Å²) >= 11 is 0. The minimum Gasteiger partial charge on any atom is -0.359 e. The van der Waals surface area contributed by atoms with E-state index in [0.717, 1.165) is 27.8 Å². The van der Waals surface area contributed by atoms with Crippen molar-refractivity contribution in [2.75, 3.05) is 5.32 Å². The minimum absolute atomic E-state index is 0.149. The number of nitrogens with zero attached hydrogens (tertiary/aromatic N) is 2. The predicted molar refractivity (Wildman–Crippen MR) is 78.2 cm³/mol. The van der Waals surface area contributed by atoms with Crippen molar-refractivity contribution >= 4 is 22.6 Å². The van der Waals surface area contributed by atoms with Gasteiger partial charge in [0.05, 0.1) is 0 Å². The lowest BCUT2D eigenvalue weighted by Gasteiger charge is -2.11. The van der Waals surface area contributed by atoms with Crippen molar-refractivity contribution in [1.29, 1.82) is 0 Å². The zero-order valence-electron chi connectivity index (χ0n) is 11.9. The van der Waals surface area contributed by atoms with Crippen LogP contribution in [0.15, 0.2) is 22.7 Å². The monoisotopic (exact) mass is 282 g/mol. The highest BCUT2D eigenvalue weighted by atomic mass is 16.5. The zero-order chi connectivity index (χ0) is 14.8. The fourth-order valence-corrected chi connectivity index (χ4v) is 2.34. The molecule has 0 spiro atoms. The van der Waals surface area contributed by atoms with E-state index in [0.29, 0.717) is 11.5 Å². The number of hydrogen-bond acceptors (Lipinski definition) is 4. The number of fused-ring (bicyclic) bond motifs is 3. The van der Waals surface area contributed by atoms with Crippen LogP contribution >= 0.6 is 0 Å². The fraction of sp³-hybridized carbons (Fsp3) is 0.267. The van der Waals surface area contributed by atoms with Gasteiger partial charge in [-0.2, -0.15) is 5.10 Å². The Morgan fingerprint density at radius 2 is 2.10 bits per heavy atom. The Morgan fingerprint density at radius 1 is 1.29 bits per heavy atom. The van der Waals surface area contributed by atoms with E-state index in [1.165, 1.54) is 0 Å². The molecule has 0 radical (unpaired) electrons. The van der Waals surface area contributed by atoms with Gasteiger partial charge in [-0.05, 0) is 17.7 Å². The molecule has 106 valence electrons. The molecule has 0 fully saturated rings. The van der Waals surface area contributed by atoms with Crippen LogP contribution < -0.4 is 5.32 Å². The molecule has 2 heterocycles. The Hall–Kier alpha value is -2.63. The number of carbonyl (C=O) groups excluding carboxylic acids is 1. The average Bonchev–Trinajstić information content (AvgIpc) is 2.81. The van der Waals surface area contributed by atoms with E-state index in [1.807, 2.05) is 32.9 Å². The third kappa shape index (κ3) is 1.83. The minimum atomic E-state index is -0.267. The molecule has 6 heteroatoms. The molecule has 6 nitrogen and oxygen atoms in total. The van der Waals surface area contributed by atoms with Gasteiger partial charge < -0.3 is 9.84 Å². The highest BCUT2D eigenvalue weighted by Gasteiger charge is 2.25. The lowest BCUT2D eigenvalue weighted by Crippen LogP contribution is -2.13. The molecule has 21 heavy (non-hydrogen) atoms. The molecule has 0 aromatic carbocycles. The molecule has 2 aliphatic rings. The van der Waals surface area contributed by atoms with Crippen LogP contribution in [-0.4, -0.2) is 21.3 Å². The van der Waals surface area contributed by atoms with Crippen molar-refractivity contribution in [3.8, 4) is 11.1 Å². The fourth-order valence-electron chi connectivity index (χ4n) is 2.34. The zero-order valence-corrected chi connectivity index (χ0v) is 11.9. The molecular weight excluding hydrogens is 268 g/mol. The lowest BCUT2D eigenvalue weighted by molar-refractivity contribution is 0.102. The number of benzene rings is 1. The van der Waals surface area contributed by atoms with Gasteiger partial charge in [0.15, 0.2) is 5.82 Å². The van der Waals surface area contributed by atoms with Crippen LogP contribution in [0.2, 0.25) is 0 Å². The molecule has 0 saturated heterocycles. The van der Waals surface area contributed by atoms with Gasteiger partial charge in [-0.15, -0.1) is 0 Å². The summed E-state index contributed by atoms with van der Waals surface area (Å²) in [7, 11) is 0. The lowest BCUT2D eigenvalue weighted by atomic mass is 9.93. The summed E-state index contributed by atoms with van der Waals surface area (Å²) in [6.45, 7) is 6.06. The summed E-state index contributed by atoms with van der Waals surface area (Å²) in [4.78, 5) is 12.3. The van der Waals surface area contributed by atoms with E-state index in [-0.39, 0.29) is 11.3 Å². The smallest absolute Gasteiger partial charge is 0.275 e.